The highest BCUT2D eigenvalue weighted by Gasteiger charge is 2.32. The van der Waals surface area contributed by atoms with Gasteiger partial charge in [0, 0.05) is 25.8 Å². The van der Waals surface area contributed by atoms with E-state index in [4.69, 9.17) is 5.73 Å². The predicted octanol–water partition coefficient (Wildman–Crippen LogP) is -0.856. The summed E-state index contributed by atoms with van der Waals surface area (Å²) < 4.78 is 1.76. The number of quaternary nitrogens is 1. The van der Waals surface area contributed by atoms with Crippen LogP contribution in [0.15, 0.2) is 0 Å². The standard InChI is InChI=1S/C15H25N5O2/c1-9-13(10(2)19(4)18-9)17-15(22)11(3)20-7-5-12(6-8-20)14(16)21/h11-12H,5-8H2,1-4H3,(H2,16,21)(H,17,22)/p+1/t11-/m0/s1. The number of nitrogens with zero attached hydrogens (tertiary/aromatic N) is 2. The van der Waals surface area contributed by atoms with Crippen LogP contribution in [-0.2, 0) is 16.6 Å². The van der Waals surface area contributed by atoms with Crippen molar-refractivity contribution in [2.75, 3.05) is 18.4 Å². The molecule has 1 aliphatic rings. The van der Waals surface area contributed by atoms with Crippen molar-refractivity contribution < 1.29 is 14.5 Å². The van der Waals surface area contributed by atoms with Crippen molar-refractivity contribution in [2.24, 2.45) is 18.7 Å². The highest BCUT2D eigenvalue weighted by molar-refractivity contribution is 5.94. The SMILES string of the molecule is Cc1nn(C)c(C)c1NC(=O)[C@H](C)[NH+]1CCC(C(N)=O)CC1. The molecule has 0 spiro atoms. The van der Waals surface area contributed by atoms with Gasteiger partial charge in [-0.05, 0) is 20.8 Å². The van der Waals surface area contributed by atoms with Crippen LogP contribution in [0.5, 0.6) is 0 Å². The molecule has 1 fully saturated rings. The molecule has 1 aromatic heterocycles. The van der Waals surface area contributed by atoms with Gasteiger partial charge in [0.15, 0.2) is 6.04 Å². The lowest BCUT2D eigenvalue weighted by molar-refractivity contribution is -0.919. The summed E-state index contributed by atoms with van der Waals surface area (Å²) in [6, 6.07) is -0.159. The van der Waals surface area contributed by atoms with E-state index in [2.05, 4.69) is 10.4 Å². The van der Waals surface area contributed by atoms with Crippen LogP contribution in [-0.4, -0.2) is 40.7 Å². The molecule has 0 aliphatic carbocycles. The van der Waals surface area contributed by atoms with E-state index in [0.717, 1.165) is 43.0 Å². The van der Waals surface area contributed by atoms with Gasteiger partial charge in [-0.2, -0.15) is 5.10 Å². The summed E-state index contributed by atoms with van der Waals surface area (Å²) in [5.41, 5.74) is 7.91. The Morgan fingerprint density at radius 3 is 2.41 bits per heavy atom. The fraction of sp³-hybridized carbons (Fsp3) is 0.667. The maximum atomic E-state index is 12.5. The first-order valence-corrected chi connectivity index (χ1v) is 7.76. The average Bonchev–Trinajstić information content (AvgIpc) is 2.73. The number of aryl methyl sites for hydroxylation is 2. The van der Waals surface area contributed by atoms with E-state index in [9.17, 15) is 9.59 Å². The zero-order valence-corrected chi connectivity index (χ0v) is 13.8. The number of nitrogens with one attached hydrogen (secondary N) is 2. The van der Waals surface area contributed by atoms with Crippen LogP contribution in [0.2, 0.25) is 0 Å². The van der Waals surface area contributed by atoms with Crippen LogP contribution in [0.3, 0.4) is 0 Å². The molecule has 0 aromatic carbocycles. The maximum absolute atomic E-state index is 12.5. The van der Waals surface area contributed by atoms with Crippen molar-refractivity contribution >= 4 is 17.5 Å². The highest BCUT2D eigenvalue weighted by Crippen LogP contribution is 2.18. The lowest BCUT2D eigenvalue weighted by Gasteiger charge is -2.31. The van der Waals surface area contributed by atoms with Crippen LogP contribution in [0.25, 0.3) is 0 Å². The summed E-state index contributed by atoms with van der Waals surface area (Å²) in [4.78, 5) is 24.9. The molecule has 0 unspecified atom stereocenters. The molecule has 1 aromatic rings. The number of likely N-dealkylation sites (tertiary alicyclic amines) is 1. The normalized spacial score (nSPS) is 23.1. The van der Waals surface area contributed by atoms with Crippen LogP contribution >= 0.6 is 0 Å². The third-order valence-corrected chi connectivity index (χ3v) is 4.79. The van der Waals surface area contributed by atoms with Gasteiger partial charge in [0.05, 0.1) is 30.2 Å². The van der Waals surface area contributed by atoms with Gasteiger partial charge in [0.2, 0.25) is 5.91 Å². The van der Waals surface area contributed by atoms with Crippen molar-refractivity contribution in [1.29, 1.82) is 0 Å². The predicted molar refractivity (Wildman–Crippen MR) is 83.4 cm³/mol. The summed E-state index contributed by atoms with van der Waals surface area (Å²) in [6.07, 6.45) is 1.51. The molecule has 22 heavy (non-hydrogen) atoms. The average molecular weight is 308 g/mol. The molecule has 0 radical (unpaired) electrons. The molecule has 1 aliphatic heterocycles. The number of hydrogen-bond acceptors (Lipinski definition) is 3. The third-order valence-electron chi connectivity index (χ3n) is 4.79. The molecule has 7 heteroatoms. The Balaban J connectivity index is 1.97. The Bertz CT molecular complexity index is 573. The van der Waals surface area contributed by atoms with Crippen molar-refractivity contribution in [3.8, 4) is 0 Å². The van der Waals surface area contributed by atoms with E-state index in [-0.39, 0.29) is 23.8 Å². The second-order valence-corrected chi connectivity index (χ2v) is 6.22. The molecule has 4 N–H and O–H groups in total. The van der Waals surface area contributed by atoms with Crippen molar-refractivity contribution in [2.45, 2.75) is 39.7 Å². The van der Waals surface area contributed by atoms with Gasteiger partial charge >= 0.3 is 0 Å². The van der Waals surface area contributed by atoms with E-state index in [1.807, 2.05) is 27.8 Å². The van der Waals surface area contributed by atoms with Gasteiger partial charge in [-0.15, -0.1) is 0 Å². The topological polar surface area (TPSA) is 94.4 Å². The number of rotatable bonds is 4. The van der Waals surface area contributed by atoms with Crippen molar-refractivity contribution in [1.82, 2.24) is 9.78 Å². The Kier molecular flexibility index (Phi) is 4.85. The number of amides is 2. The first-order chi connectivity index (χ1) is 10.3. The monoisotopic (exact) mass is 308 g/mol. The van der Waals surface area contributed by atoms with Crippen LogP contribution in [0.1, 0.15) is 31.2 Å². The molecule has 122 valence electrons. The van der Waals surface area contributed by atoms with Gasteiger partial charge < -0.3 is 16.0 Å². The van der Waals surface area contributed by atoms with Gasteiger partial charge in [-0.1, -0.05) is 0 Å². The van der Waals surface area contributed by atoms with Gasteiger partial charge in [-0.3, -0.25) is 14.3 Å². The Hall–Kier alpha value is -1.89. The molecular weight excluding hydrogens is 282 g/mol. The molecule has 1 saturated heterocycles. The summed E-state index contributed by atoms with van der Waals surface area (Å²) >= 11 is 0. The lowest BCUT2D eigenvalue weighted by atomic mass is 9.95. The Morgan fingerprint density at radius 1 is 1.36 bits per heavy atom. The number of primary amides is 1. The minimum absolute atomic E-state index is 0.00766. The summed E-state index contributed by atoms with van der Waals surface area (Å²) in [5, 5.41) is 7.30. The molecule has 2 amide bonds. The molecule has 7 nitrogen and oxygen atoms in total. The summed E-state index contributed by atoms with van der Waals surface area (Å²) in [7, 11) is 1.86. The minimum Gasteiger partial charge on any atom is -0.369 e. The molecular formula is C15H26N5O2+. The summed E-state index contributed by atoms with van der Waals surface area (Å²) in [6.45, 7) is 7.35. The van der Waals surface area contributed by atoms with E-state index in [1.165, 1.54) is 4.90 Å². The second-order valence-electron chi connectivity index (χ2n) is 6.22. The zero-order chi connectivity index (χ0) is 16.4. The minimum atomic E-state index is -0.224. The zero-order valence-electron chi connectivity index (χ0n) is 13.8. The summed E-state index contributed by atoms with van der Waals surface area (Å²) in [5.74, 6) is -0.272. The number of piperidine rings is 1. The maximum Gasteiger partial charge on any atom is 0.282 e. The third kappa shape index (κ3) is 3.30. The van der Waals surface area contributed by atoms with E-state index < -0.39 is 0 Å². The molecule has 0 saturated carbocycles. The van der Waals surface area contributed by atoms with Crippen LogP contribution in [0, 0.1) is 19.8 Å². The fourth-order valence-corrected chi connectivity index (χ4v) is 3.08. The molecule has 0 bridgehead atoms. The Morgan fingerprint density at radius 2 is 1.95 bits per heavy atom. The molecule has 2 heterocycles. The largest absolute Gasteiger partial charge is 0.369 e. The number of carbonyl (C=O) groups excluding carboxylic acids is 2. The lowest BCUT2D eigenvalue weighted by Crippen LogP contribution is -3.17. The Labute approximate surface area is 130 Å². The van der Waals surface area contributed by atoms with Gasteiger partial charge in [0.1, 0.15) is 0 Å². The molecule has 1 atom stereocenters. The second kappa shape index (κ2) is 6.48. The van der Waals surface area contributed by atoms with Crippen molar-refractivity contribution in [3.63, 3.8) is 0 Å². The van der Waals surface area contributed by atoms with Gasteiger partial charge in [0.25, 0.3) is 5.91 Å². The number of nitrogens with two attached hydrogens (primary N) is 1. The van der Waals surface area contributed by atoms with Crippen molar-refractivity contribution in [3.05, 3.63) is 11.4 Å². The number of aromatic nitrogens is 2. The molecule has 2 rings (SSSR count). The first-order valence-electron chi connectivity index (χ1n) is 7.76. The van der Waals surface area contributed by atoms with Gasteiger partial charge in [-0.25, -0.2) is 0 Å². The first kappa shape index (κ1) is 16.5. The van der Waals surface area contributed by atoms with E-state index in [1.54, 1.807) is 4.68 Å². The smallest absolute Gasteiger partial charge is 0.282 e. The number of anilines is 1. The fourth-order valence-electron chi connectivity index (χ4n) is 3.08. The van der Waals surface area contributed by atoms with Crippen LogP contribution < -0.4 is 16.0 Å². The van der Waals surface area contributed by atoms with E-state index in [0.29, 0.717) is 0 Å². The number of carbonyl (C=O) groups is 2. The highest BCUT2D eigenvalue weighted by atomic mass is 16.2. The number of hydrogen-bond donors (Lipinski definition) is 3. The van der Waals surface area contributed by atoms with E-state index >= 15 is 0 Å². The van der Waals surface area contributed by atoms with Crippen LogP contribution in [0.4, 0.5) is 5.69 Å². The quantitative estimate of drug-likeness (QED) is 0.676.